The molecule has 2 N–H and O–H groups in total. The third-order valence-corrected chi connectivity index (χ3v) is 2.27. The van der Waals surface area contributed by atoms with Crippen molar-refractivity contribution in [2.24, 2.45) is 7.05 Å². The zero-order valence-corrected chi connectivity index (χ0v) is 8.77. The molecule has 0 aliphatic rings. The summed E-state index contributed by atoms with van der Waals surface area (Å²) >= 11 is 0. The normalized spacial score (nSPS) is 10.3. The van der Waals surface area contributed by atoms with Crippen LogP contribution >= 0.6 is 0 Å². The molecule has 1 aromatic heterocycles. The molecule has 1 aromatic carbocycles. The van der Waals surface area contributed by atoms with E-state index in [-0.39, 0.29) is 0 Å². The van der Waals surface area contributed by atoms with Gasteiger partial charge in [0, 0.05) is 18.8 Å². The molecule has 0 saturated carbocycles. The van der Waals surface area contributed by atoms with E-state index >= 15 is 0 Å². The zero-order chi connectivity index (χ0) is 10.8. The first-order valence-corrected chi connectivity index (χ1v) is 4.63. The van der Waals surface area contributed by atoms with Gasteiger partial charge in [-0.1, -0.05) is 6.07 Å². The van der Waals surface area contributed by atoms with Crippen molar-refractivity contribution >= 4 is 5.69 Å². The Kier molecular flexibility index (Phi) is 2.33. The van der Waals surface area contributed by atoms with Crippen molar-refractivity contribution in [3.63, 3.8) is 0 Å². The van der Waals surface area contributed by atoms with Crippen molar-refractivity contribution < 1.29 is 4.74 Å². The maximum atomic E-state index is 5.74. The molecule has 0 saturated heterocycles. The quantitative estimate of drug-likeness (QED) is 0.755. The van der Waals surface area contributed by atoms with Gasteiger partial charge in [-0.15, -0.1) is 0 Å². The number of hydrogen-bond donors (Lipinski definition) is 1. The Labute approximate surface area is 88.3 Å². The highest BCUT2D eigenvalue weighted by Crippen LogP contribution is 2.28. The molecule has 0 atom stereocenters. The van der Waals surface area contributed by atoms with Crippen LogP contribution in [-0.4, -0.2) is 16.9 Å². The summed E-state index contributed by atoms with van der Waals surface area (Å²) in [5.74, 6) is 0.691. The lowest BCUT2D eigenvalue weighted by atomic mass is 10.1. The predicted molar refractivity (Wildman–Crippen MR) is 59.6 cm³/mol. The van der Waals surface area contributed by atoms with Crippen LogP contribution < -0.4 is 10.5 Å². The summed E-state index contributed by atoms with van der Waals surface area (Å²) in [6.45, 7) is 0. The second-order valence-electron chi connectivity index (χ2n) is 3.36. The van der Waals surface area contributed by atoms with E-state index in [1.165, 1.54) is 0 Å². The number of aromatic nitrogens is 2. The summed E-state index contributed by atoms with van der Waals surface area (Å²) in [5.41, 5.74) is 8.48. The molecule has 0 aliphatic heterocycles. The molecule has 0 bridgehead atoms. The average Bonchev–Trinajstić information content (AvgIpc) is 2.66. The maximum absolute atomic E-state index is 5.74. The molecule has 4 heteroatoms. The molecule has 0 radical (unpaired) electrons. The lowest BCUT2D eigenvalue weighted by Gasteiger charge is -2.05. The topological polar surface area (TPSA) is 53.1 Å². The van der Waals surface area contributed by atoms with Gasteiger partial charge in [-0.05, 0) is 17.7 Å². The van der Waals surface area contributed by atoms with Crippen molar-refractivity contribution in [2.75, 3.05) is 12.8 Å². The van der Waals surface area contributed by atoms with Crippen LogP contribution in [0, 0.1) is 0 Å². The molecule has 0 spiro atoms. The predicted octanol–water partition coefficient (Wildman–Crippen LogP) is 1.68. The van der Waals surface area contributed by atoms with E-state index in [2.05, 4.69) is 5.10 Å². The number of methoxy groups -OCH3 is 1. The Bertz CT molecular complexity index is 476. The number of hydrogen-bond acceptors (Lipinski definition) is 3. The fraction of sp³-hybridized carbons (Fsp3) is 0.182. The summed E-state index contributed by atoms with van der Waals surface area (Å²) in [6.07, 6.45) is 3.76. The highest BCUT2D eigenvalue weighted by Gasteiger charge is 2.04. The smallest absolute Gasteiger partial charge is 0.142 e. The summed E-state index contributed by atoms with van der Waals surface area (Å²) < 4.78 is 6.92. The van der Waals surface area contributed by atoms with Crippen LogP contribution in [0.1, 0.15) is 0 Å². The first-order chi connectivity index (χ1) is 7.20. The van der Waals surface area contributed by atoms with Crippen LogP contribution in [0.3, 0.4) is 0 Å². The SMILES string of the molecule is COc1cc(-c2cnn(C)c2)ccc1N. The standard InChI is InChI=1S/C11H13N3O/c1-14-7-9(6-13-14)8-3-4-10(12)11(5-8)15-2/h3-7H,12H2,1-2H3. The van der Waals surface area contributed by atoms with E-state index in [0.29, 0.717) is 11.4 Å². The molecule has 0 fully saturated rings. The highest BCUT2D eigenvalue weighted by molar-refractivity contribution is 5.68. The molecule has 0 unspecified atom stereocenters. The number of rotatable bonds is 2. The van der Waals surface area contributed by atoms with Crippen molar-refractivity contribution in [2.45, 2.75) is 0 Å². The minimum Gasteiger partial charge on any atom is -0.495 e. The molecular formula is C11H13N3O. The third-order valence-electron chi connectivity index (χ3n) is 2.27. The minimum atomic E-state index is 0.644. The average molecular weight is 203 g/mol. The first kappa shape index (κ1) is 9.58. The minimum absolute atomic E-state index is 0.644. The third kappa shape index (κ3) is 1.79. The van der Waals surface area contributed by atoms with Gasteiger partial charge < -0.3 is 10.5 Å². The second kappa shape index (κ2) is 3.65. The number of anilines is 1. The molecule has 78 valence electrons. The van der Waals surface area contributed by atoms with E-state index in [1.54, 1.807) is 11.8 Å². The van der Waals surface area contributed by atoms with Crippen LogP contribution in [0.15, 0.2) is 30.6 Å². The maximum Gasteiger partial charge on any atom is 0.142 e. The molecule has 15 heavy (non-hydrogen) atoms. The molecule has 2 rings (SSSR count). The molecule has 0 amide bonds. The first-order valence-electron chi connectivity index (χ1n) is 4.63. The Balaban J connectivity index is 2.45. The lowest BCUT2D eigenvalue weighted by molar-refractivity contribution is 0.417. The fourth-order valence-electron chi connectivity index (χ4n) is 1.46. The van der Waals surface area contributed by atoms with Gasteiger partial charge in [-0.2, -0.15) is 5.10 Å². The number of nitrogens with two attached hydrogens (primary N) is 1. The van der Waals surface area contributed by atoms with E-state index in [4.69, 9.17) is 10.5 Å². The highest BCUT2D eigenvalue weighted by atomic mass is 16.5. The summed E-state index contributed by atoms with van der Waals surface area (Å²) in [7, 11) is 3.50. The Hall–Kier alpha value is -1.97. The summed E-state index contributed by atoms with van der Waals surface area (Å²) in [5, 5.41) is 4.12. The number of ether oxygens (including phenoxy) is 1. The van der Waals surface area contributed by atoms with Gasteiger partial charge in [0.05, 0.1) is 19.0 Å². The van der Waals surface area contributed by atoms with E-state index in [9.17, 15) is 0 Å². The number of aryl methyl sites for hydroxylation is 1. The Morgan fingerprint density at radius 1 is 1.33 bits per heavy atom. The Morgan fingerprint density at radius 2 is 2.13 bits per heavy atom. The van der Waals surface area contributed by atoms with Gasteiger partial charge in [0.25, 0.3) is 0 Å². The van der Waals surface area contributed by atoms with E-state index in [1.807, 2.05) is 37.6 Å². The van der Waals surface area contributed by atoms with Crippen LogP contribution in [0.2, 0.25) is 0 Å². The van der Waals surface area contributed by atoms with Gasteiger partial charge >= 0.3 is 0 Å². The number of benzene rings is 1. The zero-order valence-electron chi connectivity index (χ0n) is 8.77. The van der Waals surface area contributed by atoms with Gasteiger partial charge in [-0.3, -0.25) is 4.68 Å². The molecule has 1 heterocycles. The summed E-state index contributed by atoms with van der Waals surface area (Å²) in [6, 6.07) is 5.70. The molecule has 0 aliphatic carbocycles. The molecule has 4 nitrogen and oxygen atoms in total. The van der Waals surface area contributed by atoms with E-state index in [0.717, 1.165) is 11.1 Å². The van der Waals surface area contributed by atoms with E-state index < -0.39 is 0 Å². The Morgan fingerprint density at radius 3 is 2.73 bits per heavy atom. The van der Waals surface area contributed by atoms with Gasteiger partial charge in [0.1, 0.15) is 5.75 Å². The summed E-state index contributed by atoms with van der Waals surface area (Å²) in [4.78, 5) is 0. The second-order valence-corrected chi connectivity index (χ2v) is 3.36. The van der Waals surface area contributed by atoms with Crippen LogP contribution in [-0.2, 0) is 7.05 Å². The number of nitrogens with zero attached hydrogens (tertiary/aromatic N) is 2. The molecule has 2 aromatic rings. The fourth-order valence-corrected chi connectivity index (χ4v) is 1.46. The van der Waals surface area contributed by atoms with Gasteiger partial charge in [0.15, 0.2) is 0 Å². The van der Waals surface area contributed by atoms with Crippen LogP contribution in [0.5, 0.6) is 5.75 Å². The van der Waals surface area contributed by atoms with Crippen molar-refractivity contribution in [1.82, 2.24) is 9.78 Å². The van der Waals surface area contributed by atoms with Crippen LogP contribution in [0.4, 0.5) is 5.69 Å². The van der Waals surface area contributed by atoms with Gasteiger partial charge in [0.2, 0.25) is 0 Å². The van der Waals surface area contributed by atoms with Crippen LogP contribution in [0.25, 0.3) is 11.1 Å². The van der Waals surface area contributed by atoms with Crippen molar-refractivity contribution in [1.29, 1.82) is 0 Å². The number of nitrogen functional groups attached to an aromatic ring is 1. The van der Waals surface area contributed by atoms with Crippen molar-refractivity contribution in [3.8, 4) is 16.9 Å². The van der Waals surface area contributed by atoms with Gasteiger partial charge in [-0.25, -0.2) is 0 Å². The lowest BCUT2D eigenvalue weighted by Crippen LogP contribution is -1.92. The monoisotopic (exact) mass is 203 g/mol. The largest absolute Gasteiger partial charge is 0.495 e. The van der Waals surface area contributed by atoms with Crippen molar-refractivity contribution in [3.05, 3.63) is 30.6 Å². The molecular weight excluding hydrogens is 190 g/mol.